The topological polar surface area (TPSA) is 108 Å². The SMILES string of the molecule is Nc1ccccc1O.Nc1ccccc1Oc1ccccc1N. The smallest absolute Gasteiger partial charge is 0.150 e. The molecule has 0 unspecified atom stereocenters. The van der Waals surface area contributed by atoms with Crippen LogP contribution in [0.3, 0.4) is 0 Å². The number of hydrogen-bond acceptors (Lipinski definition) is 5. The van der Waals surface area contributed by atoms with Gasteiger partial charge < -0.3 is 27.0 Å². The molecule has 0 aliphatic carbocycles. The summed E-state index contributed by atoms with van der Waals surface area (Å²) in [5.41, 5.74) is 18.4. The molecule has 0 bridgehead atoms. The minimum Gasteiger partial charge on any atom is -0.506 e. The highest BCUT2D eigenvalue weighted by Crippen LogP contribution is 2.30. The Bertz CT molecular complexity index is 711. The van der Waals surface area contributed by atoms with E-state index in [1.165, 1.54) is 0 Å². The van der Waals surface area contributed by atoms with Crippen LogP contribution in [0.5, 0.6) is 17.2 Å². The van der Waals surface area contributed by atoms with Crippen molar-refractivity contribution in [2.75, 3.05) is 17.2 Å². The number of phenolic OH excluding ortho intramolecular Hbond substituents is 1. The molecule has 0 atom stereocenters. The van der Waals surface area contributed by atoms with E-state index in [2.05, 4.69) is 0 Å². The first-order valence-corrected chi connectivity index (χ1v) is 6.98. The van der Waals surface area contributed by atoms with Crippen LogP contribution in [0.2, 0.25) is 0 Å². The van der Waals surface area contributed by atoms with E-state index in [9.17, 15) is 0 Å². The number of hydrogen-bond donors (Lipinski definition) is 4. The zero-order valence-corrected chi connectivity index (χ0v) is 12.5. The number of phenols is 1. The number of para-hydroxylation sites is 6. The Morgan fingerprint density at radius 2 is 0.957 bits per heavy atom. The van der Waals surface area contributed by atoms with Crippen molar-refractivity contribution < 1.29 is 9.84 Å². The lowest BCUT2D eigenvalue weighted by Crippen LogP contribution is -1.94. The van der Waals surface area contributed by atoms with Crippen LogP contribution >= 0.6 is 0 Å². The molecular formula is C18H19N3O2. The fourth-order valence-electron chi connectivity index (χ4n) is 1.75. The zero-order valence-electron chi connectivity index (χ0n) is 12.5. The molecular weight excluding hydrogens is 290 g/mol. The van der Waals surface area contributed by atoms with Gasteiger partial charge in [0.25, 0.3) is 0 Å². The van der Waals surface area contributed by atoms with Crippen molar-refractivity contribution in [1.82, 2.24) is 0 Å². The summed E-state index contributed by atoms with van der Waals surface area (Å²) >= 11 is 0. The van der Waals surface area contributed by atoms with Crippen LogP contribution in [0.15, 0.2) is 72.8 Å². The third-order valence-electron chi connectivity index (χ3n) is 2.99. The number of aromatic hydroxyl groups is 1. The van der Waals surface area contributed by atoms with Crippen LogP contribution in [-0.2, 0) is 0 Å². The molecule has 3 aromatic carbocycles. The number of ether oxygens (including phenoxy) is 1. The third kappa shape index (κ3) is 4.57. The van der Waals surface area contributed by atoms with Crippen molar-refractivity contribution in [2.24, 2.45) is 0 Å². The Hall–Kier alpha value is -3.34. The molecule has 0 saturated carbocycles. The second-order valence-electron chi connectivity index (χ2n) is 4.74. The van der Waals surface area contributed by atoms with Gasteiger partial charge in [-0.1, -0.05) is 36.4 Å². The van der Waals surface area contributed by atoms with E-state index in [1.54, 1.807) is 36.4 Å². The van der Waals surface area contributed by atoms with E-state index in [-0.39, 0.29) is 5.75 Å². The molecule has 5 nitrogen and oxygen atoms in total. The van der Waals surface area contributed by atoms with Crippen molar-refractivity contribution in [1.29, 1.82) is 0 Å². The summed E-state index contributed by atoms with van der Waals surface area (Å²) in [7, 11) is 0. The van der Waals surface area contributed by atoms with Crippen LogP contribution in [0.1, 0.15) is 0 Å². The van der Waals surface area contributed by atoms with Crippen LogP contribution in [-0.4, -0.2) is 5.11 Å². The normalized spacial score (nSPS) is 9.57. The van der Waals surface area contributed by atoms with Gasteiger partial charge in [0.1, 0.15) is 17.2 Å². The Kier molecular flexibility index (Phi) is 5.30. The number of nitrogen functional groups attached to an aromatic ring is 3. The van der Waals surface area contributed by atoms with Crippen LogP contribution in [0, 0.1) is 0 Å². The molecule has 0 spiro atoms. The Balaban J connectivity index is 0.000000203. The maximum absolute atomic E-state index is 8.79. The maximum atomic E-state index is 8.79. The highest BCUT2D eigenvalue weighted by atomic mass is 16.5. The molecule has 0 saturated heterocycles. The molecule has 7 N–H and O–H groups in total. The van der Waals surface area contributed by atoms with E-state index < -0.39 is 0 Å². The maximum Gasteiger partial charge on any atom is 0.150 e. The minimum absolute atomic E-state index is 0.146. The van der Waals surface area contributed by atoms with Gasteiger partial charge in [0, 0.05) is 0 Å². The second kappa shape index (κ2) is 7.61. The van der Waals surface area contributed by atoms with Gasteiger partial charge in [-0.2, -0.15) is 0 Å². The van der Waals surface area contributed by atoms with E-state index in [0.29, 0.717) is 28.6 Å². The highest BCUT2D eigenvalue weighted by molar-refractivity contribution is 5.58. The van der Waals surface area contributed by atoms with Crippen molar-refractivity contribution in [2.45, 2.75) is 0 Å². The van der Waals surface area contributed by atoms with Gasteiger partial charge in [-0.25, -0.2) is 0 Å². The molecule has 0 aromatic heterocycles. The highest BCUT2D eigenvalue weighted by Gasteiger charge is 2.02. The summed E-state index contributed by atoms with van der Waals surface area (Å²) in [6.45, 7) is 0. The van der Waals surface area contributed by atoms with Crippen LogP contribution in [0.25, 0.3) is 0 Å². The summed E-state index contributed by atoms with van der Waals surface area (Å²) in [5.74, 6) is 1.39. The summed E-state index contributed by atoms with van der Waals surface area (Å²) < 4.78 is 5.59. The quantitative estimate of drug-likeness (QED) is 0.427. The Morgan fingerprint density at radius 1 is 0.565 bits per heavy atom. The lowest BCUT2D eigenvalue weighted by Gasteiger charge is -2.09. The molecule has 3 rings (SSSR count). The second-order valence-corrected chi connectivity index (χ2v) is 4.74. The van der Waals surface area contributed by atoms with E-state index in [1.807, 2.05) is 36.4 Å². The van der Waals surface area contributed by atoms with Gasteiger partial charge in [0.2, 0.25) is 0 Å². The number of anilines is 3. The van der Waals surface area contributed by atoms with Gasteiger partial charge >= 0.3 is 0 Å². The zero-order chi connectivity index (χ0) is 16.7. The van der Waals surface area contributed by atoms with Gasteiger partial charge in [-0.15, -0.1) is 0 Å². The number of nitrogens with two attached hydrogens (primary N) is 3. The Labute approximate surface area is 134 Å². The van der Waals surface area contributed by atoms with Gasteiger partial charge in [-0.05, 0) is 36.4 Å². The first-order chi connectivity index (χ1) is 11.1. The first kappa shape index (κ1) is 16.0. The van der Waals surface area contributed by atoms with Crippen LogP contribution in [0.4, 0.5) is 17.1 Å². The third-order valence-corrected chi connectivity index (χ3v) is 2.99. The molecule has 0 aliphatic heterocycles. The summed E-state index contributed by atoms with van der Waals surface area (Å²) in [6, 6.07) is 21.3. The van der Waals surface area contributed by atoms with Crippen molar-refractivity contribution >= 4 is 17.1 Å². The van der Waals surface area contributed by atoms with Crippen molar-refractivity contribution in [3.8, 4) is 17.2 Å². The Morgan fingerprint density at radius 3 is 1.30 bits per heavy atom. The van der Waals surface area contributed by atoms with Gasteiger partial charge in [0.15, 0.2) is 0 Å². The van der Waals surface area contributed by atoms with E-state index in [4.69, 9.17) is 27.0 Å². The predicted octanol–water partition coefficient (Wildman–Crippen LogP) is 3.62. The predicted molar refractivity (Wildman–Crippen MR) is 94.3 cm³/mol. The number of rotatable bonds is 2. The molecule has 5 heteroatoms. The number of benzene rings is 3. The van der Waals surface area contributed by atoms with Crippen LogP contribution < -0.4 is 21.9 Å². The van der Waals surface area contributed by atoms with E-state index >= 15 is 0 Å². The summed E-state index contributed by atoms with van der Waals surface area (Å²) in [4.78, 5) is 0. The standard InChI is InChI=1S/C12H12N2O.C6H7NO/c13-9-5-1-3-7-11(9)15-12-8-4-2-6-10(12)14;7-5-3-1-2-4-6(5)8/h1-8H,13-14H2;1-4,8H,7H2. The molecule has 118 valence electrons. The first-order valence-electron chi connectivity index (χ1n) is 6.98. The van der Waals surface area contributed by atoms with Gasteiger partial charge in [0.05, 0.1) is 17.1 Å². The van der Waals surface area contributed by atoms with Gasteiger partial charge in [-0.3, -0.25) is 0 Å². The monoisotopic (exact) mass is 309 g/mol. The summed E-state index contributed by atoms with van der Waals surface area (Å²) in [5, 5.41) is 8.79. The minimum atomic E-state index is 0.146. The largest absolute Gasteiger partial charge is 0.506 e. The molecule has 3 aromatic rings. The lowest BCUT2D eigenvalue weighted by molar-refractivity contribution is 0.478. The molecule has 0 aliphatic rings. The van der Waals surface area contributed by atoms with Crippen molar-refractivity contribution in [3.63, 3.8) is 0 Å². The molecule has 23 heavy (non-hydrogen) atoms. The molecule has 0 heterocycles. The van der Waals surface area contributed by atoms with Crippen molar-refractivity contribution in [3.05, 3.63) is 72.8 Å². The average Bonchev–Trinajstić information content (AvgIpc) is 2.55. The lowest BCUT2D eigenvalue weighted by atomic mass is 10.3. The summed E-state index contributed by atoms with van der Waals surface area (Å²) in [6.07, 6.45) is 0. The van der Waals surface area contributed by atoms with E-state index in [0.717, 1.165) is 0 Å². The molecule has 0 fully saturated rings. The average molecular weight is 309 g/mol. The molecule has 0 radical (unpaired) electrons. The fourth-order valence-corrected chi connectivity index (χ4v) is 1.75. The fraction of sp³-hybridized carbons (Fsp3) is 0. The molecule has 0 amide bonds.